The van der Waals surface area contributed by atoms with Crippen molar-refractivity contribution in [2.45, 2.75) is 0 Å². The molecule has 0 aliphatic rings. The Labute approximate surface area is 57.5 Å². The lowest BCUT2D eigenvalue weighted by Crippen LogP contribution is -1.94. The van der Waals surface area contributed by atoms with Crippen LogP contribution in [0.25, 0.3) is 0 Å². The molecule has 0 saturated carbocycles. The molecule has 1 aromatic rings. The van der Waals surface area contributed by atoms with Gasteiger partial charge in [0.1, 0.15) is 5.56 Å². The second-order valence-electron chi connectivity index (χ2n) is 1.80. The van der Waals surface area contributed by atoms with Gasteiger partial charge in [0.25, 0.3) is 0 Å². The standard InChI is InChI=1S/C7H5O3/c8-6-4-2-1-3-5(6)7(9)10/h1-4H,(H,9,10). The van der Waals surface area contributed by atoms with Crippen LogP contribution in [0.2, 0.25) is 0 Å². The average molecular weight is 137 g/mol. The molecular formula is C7H5O3. The molecule has 1 rings (SSSR count). The molecule has 51 valence electrons. The number of aromatic carboxylic acids is 1. The Morgan fingerprint density at radius 2 is 1.90 bits per heavy atom. The van der Waals surface area contributed by atoms with Gasteiger partial charge >= 0.3 is 5.97 Å². The molecule has 0 spiro atoms. The Morgan fingerprint density at radius 1 is 1.30 bits per heavy atom. The SMILES string of the molecule is [O]c1ccccc1C(=O)O. The first-order valence-electron chi connectivity index (χ1n) is 2.71. The van der Waals surface area contributed by atoms with Crippen molar-refractivity contribution in [3.8, 4) is 5.75 Å². The zero-order valence-electron chi connectivity index (χ0n) is 5.07. The molecule has 0 fully saturated rings. The number of carboxylic acid groups (broad SMARTS) is 1. The summed E-state index contributed by atoms with van der Waals surface area (Å²) in [5.74, 6) is -1.62. The maximum absolute atomic E-state index is 10.7. The first kappa shape index (κ1) is 6.61. The lowest BCUT2D eigenvalue weighted by atomic mass is 10.2. The van der Waals surface area contributed by atoms with Crippen molar-refractivity contribution in [2.24, 2.45) is 0 Å². The van der Waals surface area contributed by atoms with Crippen molar-refractivity contribution in [2.75, 3.05) is 0 Å². The van der Waals surface area contributed by atoms with Crippen LogP contribution in [0.5, 0.6) is 5.75 Å². The van der Waals surface area contributed by atoms with Crippen molar-refractivity contribution in [3.05, 3.63) is 29.8 Å². The number of hydrogen-bond donors (Lipinski definition) is 1. The summed E-state index contributed by atoms with van der Waals surface area (Å²) in [6.45, 7) is 0. The van der Waals surface area contributed by atoms with Crippen LogP contribution >= 0.6 is 0 Å². The molecule has 0 saturated heterocycles. The number of rotatable bonds is 1. The van der Waals surface area contributed by atoms with E-state index in [4.69, 9.17) is 5.11 Å². The van der Waals surface area contributed by atoms with Gasteiger partial charge in [0, 0.05) is 0 Å². The van der Waals surface area contributed by atoms with Gasteiger partial charge in [-0.25, -0.2) is 4.79 Å². The van der Waals surface area contributed by atoms with Gasteiger partial charge in [-0.15, -0.1) is 0 Å². The van der Waals surface area contributed by atoms with Gasteiger partial charge in [-0.1, -0.05) is 12.1 Å². The minimum Gasteiger partial charge on any atom is -0.478 e. The van der Waals surface area contributed by atoms with E-state index >= 15 is 0 Å². The number of carbonyl (C=O) groups is 1. The minimum absolute atomic E-state index is 0.178. The maximum atomic E-state index is 10.7. The monoisotopic (exact) mass is 137 g/mol. The van der Waals surface area contributed by atoms with Gasteiger partial charge in [0.2, 0.25) is 0 Å². The van der Waals surface area contributed by atoms with E-state index < -0.39 is 11.7 Å². The quantitative estimate of drug-likeness (QED) is 0.638. The minimum atomic E-state index is -1.18. The summed E-state index contributed by atoms with van der Waals surface area (Å²) in [5.41, 5.74) is -0.178. The van der Waals surface area contributed by atoms with E-state index in [9.17, 15) is 9.90 Å². The molecule has 0 aliphatic carbocycles. The summed E-state index contributed by atoms with van der Waals surface area (Å²) in [5, 5.41) is 19.0. The smallest absolute Gasteiger partial charge is 0.339 e. The fraction of sp³-hybridized carbons (Fsp3) is 0. The Hall–Kier alpha value is -1.51. The van der Waals surface area contributed by atoms with Crippen LogP contribution in [0.4, 0.5) is 0 Å². The second-order valence-corrected chi connectivity index (χ2v) is 1.80. The predicted molar refractivity (Wildman–Crippen MR) is 33.5 cm³/mol. The Balaban J connectivity index is 3.15. The third-order valence-electron chi connectivity index (χ3n) is 1.12. The molecule has 0 atom stereocenters. The van der Waals surface area contributed by atoms with E-state index in [0.717, 1.165) is 0 Å². The molecule has 1 radical (unpaired) electrons. The largest absolute Gasteiger partial charge is 0.478 e. The van der Waals surface area contributed by atoms with Crippen molar-refractivity contribution >= 4 is 5.97 Å². The molecule has 3 nitrogen and oxygen atoms in total. The highest BCUT2D eigenvalue weighted by atomic mass is 16.4. The molecule has 3 heteroatoms. The number of para-hydroxylation sites is 1. The van der Waals surface area contributed by atoms with Gasteiger partial charge in [-0.3, -0.25) is 5.11 Å². The molecule has 1 aromatic carbocycles. The van der Waals surface area contributed by atoms with E-state index in [1.165, 1.54) is 24.3 Å². The fourth-order valence-electron chi connectivity index (χ4n) is 0.643. The van der Waals surface area contributed by atoms with Crippen LogP contribution < -0.4 is 0 Å². The highest BCUT2D eigenvalue weighted by molar-refractivity contribution is 5.90. The molecule has 0 aromatic heterocycles. The van der Waals surface area contributed by atoms with Crippen LogP contribution in [-0.2, 0) is 5.11 Å². The van der Waals surface area contributed by atoms with Crippen molar-refractivity contribution in [1.29, 1.82) is 0 Å². The van der Waals surface area contributed by atoms with Crippen molar-refractivity contribution in [3.63, 3.8) is 0 Å². The Kier molecular flexibility index (Phi) is 1.58. The summed E-state index contributed by atoms with van der Waals surface area (Å²) >= 11 is 0. The Morgan fingerprint density at radius 3 is 2.30 bits per heavy atom. The van der Waals surface area contributed by atoms with Gasteiger partial charge in [0.05, 0.1) is 0 Å². The molecule has 10 heavy (non-hydrogen) atoms. The molecule has 0 unspecified atom stereocenters. The first-order chi connectivity index (χ1) is 4.72. The zero-order valence-corrected chi connectivity index (χ0v) is 5.07. The summed E-state index contributed by atoms with van der Waals surface area (Å²) in [6.07, 6.45) is 0. The molecule has 0 amide bonds. The van der Waals surface area contributed by atoms with Gasteiger partial charge in [-0.05, 0) is 12.1 Å². The molecule has 0 heterocycles. The number of benzene rings is 1. The van der Waals surface area contributed by atoms with E-state index in [2.05, 4.69) is 0 Å². The first-order valence-corrected chi connectivity index (χ1v) is 2.71. The van der Waals surface area contributed by atoms with E-state index in [1.807, 2.05) is 0 Å². The highest BCUT2D eigenvalue weighted by Crippen LogP contribution is 2.15. The topological polar surface area (TPSA) is 57.2 Å². The van der Waals surface area contributed by atoms with Crippen LogP contribution in [-0.4, -0.2) is 11.1 Å². The van der Waals surface area contributed by atoms with Gasteiger partial charge in [-0.2, -0.15) is 0 Å². The van der Waals surface area contributed by atoms with Crippen LogP contribution in [0.15, 0.2) is 24.3 Å². The third-order valence-corrected chi connectivity index (χ3v) is 1.12. The normalized spacial score (nSPS) is 9.20. The Bertz CT molecular complexity index is 255. The summed E-state index contributed by atoms with van der Waals surface area (Å²) in [7, 11) is 0. The molecule has 1 N–H and O–H groups in total. The van der Waals surface area contributed by atoms with Crippen LogP contribution in [0, 0.1) is 0 Å². The van der Waals surface area contributed by atoms with Crippen molar-refractivity contribution < 1.29 is 15.0 Å². The number of carboxylic acids is 1. The highest BCUT2D eigenvalue weighted by Gasteiger charge is 2.07. The van der Waals surface area contributed by atoms with E-state index in [0.29, 0.717) is 0 Å². The van der Waals surface area contributed by atoms with Crippen molar-refractivity contribution in [1.82, 2.24) is 0 Å². The summed E-state index contributed by atoms with van der Waals surface area (Å²) < 4.78 is 0. The second kappa shape index (κ2) is 2.39. The summed E-state index contributed by atoms with van der Waals surface area (Å²) in [6, 6.07) is 5.54. The number of hydrogen-bond acceptors (Lipinski definition) is 1. The zero-order chi connectivity index (χ0) is 7.56. The molecule has 0 aliphatic heterocycles. The summed E-state index contributed by atoms with van der Waals surface area (Å²) in [4.78, 5) is 10.2. The van der Waals surface area contributed by atoms with E-state index in [1.54, 1.807) is 0 Å². The van der Waals surface area contributed by atoms with Gasteiger partial charge < -0.3 is 5.11 Å². The van der Waals surface area contributed by atoms with Crippen LogP contribution in [0.3, 0.4) is 0 Å². The fourth-order valence-corrected chi connectivity index (χ4v) is 0.643. The van der Waals surface area contributed by atoms with Crippen LogP contribution in [0.1, 0.15) is 10.4 Å². The molecule has 0 bridgehead atoms. The lowest BCUT2D eigenvalue weighted by Gasteiger charge is -1.91. The van der Waals surface area contributed by atoms with Gasteiger partial charge in [0.15, 0.2) is 5.75 Å². The third kappa shape index (κ3) is 1.07. The molecular weight excluding hydrogens is 132 g/mol. The maximum Gasteiger partial charge on any atom is 0.339 e. The van der Waals surface area contributed by atoms with E-state index in [-0.39, 0.29) is 5.56 Å². The lowest BCUT2D eigenvalue weighted by molar-refractivity contribution is 0.0692. The average Bonchev–Trinajstić information content (AvgIpc) is 1.88. The predicted octanol–water partition coefficient (Wildman–Crippen LogP) is 1.53.